The number of carbonyl (C=O) groups excluding carboxylic acids is 4. The molecule has 4 amide bonds. The number of amides is 4. The van der Waals surface area contributed by atoms with Crippen molar-refractivity contribution in [1.82, 2.24) is 35.5 Å². The molecule has 178 valence electrons. The maximum atomic E-state index is 14.1. The Kier molecular flexibility index (Phi) is 5.55. The highest BCUT2D eigenvalue weighted by Gasteiger charge is 2.39. The molecule has 0 radical (unpaired) electrons. The fraction of sp³-hybridized carbons (Fsp3) is 0.261. The number of hydrogen-bond acceptors (Lipinski definition) is 7. The Morgan fingerprint density at radius 3 is 2.89 bits per heavy atom. The summed E-state index contributed by atoms with van der Waals surface area (Å²) in [7, 11) is 0. The normalized spacial score (nSPS) is 17.4. The number of piperidine rings is 1. The monoisotopic (exact) mass is 477 g/mol. The Balaban J connectivity index is 1.29. The minimum atomic E-state index is -0.703. The van der Waals surface area contributed by atoms with Crippen molar-refractivity contribution in [3.8, 4) is 5.69 Å². The van der Waals surface area contributed by atoms with Gasteiger partial charge in [-0.1, -0.05) is 5.21 Å². The van der Waals surface area contributed by atoms with Crippen molar-refractivity contribution >= 4 is 23.6 Å². The van der Waals surface area contributed by atoms with Gasteiger partial charge < -0.3 is 10.2 Å². The third kappa shape index (κ3) is 4.14. The third-order valence-electron chi connectivity index (χ3n) is 6.07. The second kappa shape index (κ2) is 8.70. The molecule has 11 nitrogen and oxygen atoms in total. The molecule has 12 heteroatoms. The van der Waals surface area contributed by atoms with Crippen molar-refractivity contribution in [3.05, 3.63) is 70.6 Å². The lowest BCUT2D eigenvalue weighted by molar-refractivity contribution is -0.136. The molecule has 1 unspecified atom stereocenters. The molecule has 2 aliphatic rings. The van der Waals surface area contributed by atoms with Crippen LogP contribution >= 0.6 is 0 Å². The van der Waals surface area contributed by atoms with E-state index in [0.717, 1.165) is 0 Å². The molecule has 0 spiro atoms. The van der Waals surface area contributed by atoms with Gasteiger partial charge in [0, 0.05) is 24.7 Å². The van der Waals surface area contributed by atoms with Crippen molar-refractivity contribution in [1.29, 1.82) is 0 Å². The molecule has 2 aliphatic heterocycles. The molecule has 35 heavy (non-hydrogen) atoms. The van der Waals surface area contributed by atoms with Gasteiger partial charge in [0.1, 0.15) is 11.9 Å². The van der Waals surface area contributed by atoms with Gasteiger partial charge in [-0.3, -0.25) is 29.5 Å². The fourth-order valence-electron chi connectivity index (χ4n) is 4.17. The molecule has 1 aromatic carbocycles. The summed E-state index contributed by atoms with van der Waals surface area (Å²) in [5.41, 5.74) is 2.30. The second-order valence-electron chi connectivity index (χ2n) is 8.36. The van der Waals surface area contributed by atoms with E-state index >= 15 is 0 Å². The molecule has 2 aromatic heterocycles. The quantitative estimate of drug-likeness (QED) is 0.518. The van der Waals surface area contributed by atoms with Crippen molar-refractivity contribution in [2.45, 2.75) is 38.9 Å². The van der Waals surface area contributed by atoms with E-state index in [-0.39, 0.29) is 49.1 Å². The average Bonchev–Trinajstić information content (AvgIpc) is 3.45. The van der Waals surface area contributed by atoms with Gasteiger partial charge in [-0.2, -0.15) is 0 Å². The minimum absolute atomic E-state index is 0.0276. The van der Waals surface area contributed by atoms with E-state index in [9.17, 15) is 23.6 Å². The van der Waals surface area contributed by atoms with Gasteiger partial charge in [-0.05, 0) is 48.7 Å². The molecule has 0 bridgehead atoms. The first-order valence-electron chi connectivity index (χ1n) is 10.9. The van der Waals surface area contributed by atoms with Crippen LogP contribution in [0.5, 0.6) is 0 Å². The number of carbonyl (C=O) groups is 4. The van der Waals surface area contributed by atoms with E-state index < -0.39 is 23.7 Å². The average molecular weight is 477 g/mol. The van der Waals surface area contributed by atoms with Gasteiger partial charge >= 0.3 is 0 Å². The third-order valence-corrected chi connectivity index (χ3v) is 6.07. The van der Waals surface area contributed by atoms with E-state index in [2.05, 4.69) is 25.9 Å². The predicted octanol–water partition coefficient (Wildman–Crippen LogP) is 0.801. The first-order chi connectivity index (χ1) is 16.8. The molecule has 4 heterocycles. The number of benzene rings is 1. The molecule has 1 atom stereocenters. The van der Waals surface area contributed by atoms with E-state index in [4.69, 9.17) is 0 Å². The number of nitrogens with zero attached hydrogens (tertiary/aromatic N) is 5. The Morgan fingerprint density at radius 2 is 2.09 bits per heavy atom. The number of pyridine rings is 1. The highest BCUT2D eigenvalue weighted by atomic mass is 19.1. The summed E-state index contributed by atoms with van der Waals surface area (Å²) in [5.74, 6) is -2.12. The number of nitrogens with one attached hydrogen (secondary N) is 2. The van der Waals surface area contributed by atoms with E-state index in [0.29, 0.717) is 22.4 Å². The lowest BCUT2D eigenvalue weighted by atomic mass is 10.0. The van der Waals surface area contributed by atoms with Crippen LogP contribution < -0.4 is 10.6 Å². The number of aromatic nitrogens is 4. The summed E-state index contributed by atoms with van der Waals surface area (Å²) in [6.07, 6.45) is 3.35. The number of imide groups is 1. The van der Waals surface area contributed by atoms with Gasteiger partial charge in [-0.25, -0.2) is 9.07 Å². The fourth-order valence-corrected chi connectivity index (χ4v) is 4.17. The maximum Gasteiger partial charge on any atom is 0.273 e. The van der Waals surface area contributed by atoms with Crippen LogP contribution in [0.25, 0.3) is 5.69 Å². The van der Waals surface area contributed by atoms with Gasteiger partial charge in [0.2, 0.25) is 11.8 Å². The van der Waals surface area contributed by atoms with Crippen LogP contribution in [-0.4, -0.2) is 54.5 Å². The summed E-state index contributed by atoms with van der Waals surface area (Å²) >= 11 is 0. The lowest BCUT2D eigenvalue weighted by Crippen LogP contribution is -2.52. The van der Waals surface area contributed by atoms with Crippen LogP contribution in [0.3, 0.4) is 0 Å². The summed E-state index contributed by atoms with van der Waals surface area (Å²) in [5, 5.41) is 12.7. The lowest BCUT2D eigenvalue weighted by Gasteiger charge is -2.29. The van der Waals surface area contributed by atoms with Crippen LogP contribution in [0, 0.1) is 12.7 Å². The predicted molar refractivity (Wildman–Crippen MR) is 118 cm³/mol. The standard InChI is InChI=1S/C23H20FN7O4/c1-12-6-7-25-16(20(12)24)9-26-21(33)17-11-31(29-28-17)14-2-3-15-13(8-14)10-30(23(15)35)18-4-5-19(32)27-22(18)34/h2-3,6-8,11,18H,4-5,9-10H2,1H3,(H,26,33)(H,27,32,34). The molecule has 0 aliphatic carbocycles. The number of aryl methyl sites for hydroxylation is 1. The number of halogens is 1. The smallest absolute Gasteiger partial charge is 0.273 e. The van der Waals surface area contributed by atoms with Gasteiger partial charge in [0.15, 0.2) is 5.69 Å². The van der Waals surface area contributed by atoms with E-state index in [1.54, 1.807) is 31.2 Å². The molecule has 3 aromatic rings. The van der Waals surface area contributed by atoms with Crippen LogP contribution in [0.1, 0.15) is 50.5 Å². The Labute approximate surface area is 198 Å². The minimum Gasteiger partial charge on any atom is -0.345 e. The first-order valence-corrected chi connectivity index (χ1v) is 10.9. The van der Waals surface area contributed by atoms with Gasteiger partial charge in [-0.15, -0.1) is 5.10 Å². The zero-order valence-corrected chi connectivity index (χ0v) is 18.6. The molecule has 5 rings (SSSR count). The van der Waals surface area contributed by atoms with Crippen molar-refractivity contribution in [2.75, 3.05) is 0 Å². The van der Waals surface area contributed by atoms with E-state index in [1.807, 2.05) is 0 Å². The number of fused-ring (bicyclic) bond motifs is 1. The summed E-state index contributed by atoms with van der Waals surface area (Å²) in [6, 6.07) is 5.87. The highest BCUT2D eigenvalue weighted by Crippen LogP contribution is 2.29. The maximum absolute atomic E-state index is 14.1. The second-order valence-corrected chi connectivity index (χ2v) is 8.36. The zero-order chi connectivity index (χ0) is 24.7. The Morgan fingerprint density at radius 1 is 1.26 bits per heavy atom. The molecule has 2 N–H and O–H groups in total. The summed E-state index contributed by atoms with van der Waals surface area (Å²) in [4.78, 5) is 54.3. The Bertz CT molecular complexity index is 1390. The van der Waals surface area contributed by atoms with Gasteiger partial charge in [0.05, 0.1) is 24.1 Å². The molecular weight excluding hydrogens is 457 g/mol. The largest absolute Gasteiger partial charge is 0.345 e. The van der Waals surface area contributed by atoms with Crippen molar-refractivity contribution < 1.29 is 23.6 Å². The van der Waals surface area contributed by atoms with Crippen LogP contribution in [0.2, 0.25) is 0 Å². The molecular formula is C23H20FN7O4. The van der Waals surface area contributed by atoms with Gasteiger partial charge in [0.25, 0.3) is 11.8 Å². The number of hydrogen-bond donors (Lipinski definition) is 2. The molecule has 0 saturated carbocycles. The molecule has 1 saturated heterocycles. The van der Waals surface area contributed by atoms with Crippen LogP contribution in [0.15, 0.2) is 36.7 Å². The molecule has 1 fully saturated rings. The zero-order valence-electron chi connectivity index (χ0n) is 18.6. The first kappa shape index (κ1) is 22.3. The highest BCUT2D eigenvalue weighted by molar-refractivity contribution is 6.05. The topological polar surface area (TPSA) is 139 Å². The van der Waals surface area contributed by atoms with Crippen molar-refractivity contribution in [2.24, 2.45) is 0 Å². The Hall–Kier alpha value is -4.48. The SMILES string of the molecule is Cc1ccnc(CNC(=O)c2cn(-c3ccc4c(c3)CN(C3CCC(=O)NC3=O)C4=O)nn2)c1F. The number of rotatable bonds is 5. The van der Waals surface area contributed by atoms with E-state index in [1.165, 1.54) is 22.0 Å². The van der Waals surface area contributed by atoms with Crippen LogP contribution in [-0.2, 0) is 22.7 Å². The van der Waals surface area contributed by atoms with Crippen LogP contribution in [0.4, 0.5) is 4.39 Å². The summed E-state index contributed by atoms with van der Waals surface area (Å²) < 4.78 is 15.5. The summed E-state index contributed by atoms with van der Waals surface area (Å²) in [6.45, 7) is 1.73. The van der Waals surface area contributed by atoms with Crippen molar-refractivity contribution in [3.63, 3.8) is 0 Å².